The second kappa shape index (κ2) is 7.96. The summed E-state index contributed by atoms with van der Waals surface area (Å²) in [5.41, 5.74) is 6.16. The van der Waals surface area contributed by atoms with Gasteiger partial charge in [-0.2, -0.15) is 0 Å². The van der Waals surface area contributed by atoms with Crippen molar-refractivity contribution < 1.29 is 9.59 Å². The molecule has 0 fully saturated rings. The Labute approximate surface area is 145 Å². The van der Waals surface area contributed by atoms with Crippen LogP contribution in [0.3, 0.4) is 0 Å². The van der Waals surface area contributed by atoms with E-state index < -0.39 is 17.2 Å². The maximum Gasteiger partial charge on any atom is 0.318 e. The number of nitrogens with two attached hydrogens (primary N) is 1. The second-order valence-electron chi connectivity index (χ2n) is 5.74. The van der Waals surface area contributed by atoms with Crippen molar-refractivity contribution in [3.05, 3.63) is 41.7 Å². The van der Waals surface area contributed by atoms with E-state index in [1.54, 1.807) is 0 Å². The predicted molar refractivity (Wildman–Crippen MR) is 92.5 cm³/mol. The van der Waals surface area contributed by atoms with Crippen LogP contribution in [0.25, 0.3) is 0 Å². The number of thioether (sulfide) groups is 1. The molecule has 0 unspecified atom stereocenters. The molecule has 3 amide bonds. The molecule has 8 heteroatoms. The SMILES string of the molecule is Cc1nnc(S[C@@H](C(=O)NC(N)=O)C(C)C)n1Cc1ccccc1. The highest BCUT2D eigenvalue weighted by atomic mass is 32.2. The molecule has 24 heavy (non-hydrogen) atoms. The molecule has 0 radical (unpaired) electrons. The predicted octanol–water partition coefficient (Wildman–Crippen LogP) is 1.95. The topological polar surface area (TPSA) is 103 Å². The normalized spacial score (nSPS) is 12.2. The van der Waals surface area contributed by atoms with Crippen LogP contribution in [-0.4, -0.2) is 32.0 Å². The molecule has 2 rings (SSSR count). The molecule has 0 saturated heterocycles. The highest BCUT2D eigenvalue weighted by Crippen LogP contribution is 2.28. The first-order chi connectivity index (χ1) is 11.4. The van der Waals surface area contributed by atoms with Crippen molar-refractivity contribution in [3.8, 4) is 0 Å². The lowest BCUT2D eigenvalue weighted by Crippen LogP contribution is -2.42. The van der Waals surface area contributed by atoms with Crippen LogP contribution in [0.5, 0.6) is 0 Å². The summed E-state index contributed by atoms with van der Waals surface area (Å²) in [4.78, 5) is 23.1. The zero-order valence-corrected chi connectivity index (χ0v) is 14.7. The lowest BCUT2D eigenvalue weighted by Gasteiger charge is -2.18. The third-order valence-electron chi connectivity index (χ3n) is 3.43. The summed E-state index contributed by atoms with van der Waals surface area (Å²) in [5, 5.41) is 10.6. The first-order valence-electron chi connectivity index (χ1n) is 7.59. The van der Waals surface area contributed by atoms with Crippen LogP contribution in [0, 0.1) is 12.8 Å². The van der Waals surface area contributed by atoms with Gasteiger partial charge in [-0.3, -0.25) is 10.1 Å². The highest BCUT2D eigenvalue weighted by Gasteiger charge is 2.27. The summed E-state index contributed by atoms with van der Waals surface area (Å²) < 4.78 is 1.95. The Bertz CT molecular complexity index is 715. The van der Waals surface area contributed by atoms with E-state index in [0.717, 1.165) is 11.4 Å². The van der Waals surface area contributed by atoms with Gasteiger partial charge in [0.05, 0.1) is 11.8 Å². The largest absolute Gasteiger partial charge is 0.351 e. The van der Waals surface area contributed by atoms with Crippen LogP contribution in [0.1, 0.15) is 25.2 Å². The van der Waals surface area contributed by atoms with Gasteiger partial charge in [0.1, 0.15) is 5.82 Å². The number of carbonyl (C=O) groups excluding carboxylic acids is 2. The first-order valence-corrected chi connectivity index (χ1v) is 8.47. The van der Waals surface area contributed by atoms with Gasteiger partial charge in [-0.05, 0) is 18.4 Å². The van der Waals surface area contributed by atoms with E-state index >= 15 is 0 Å². The van der Waals surface area contributed by atoms with Crippen LogP contribution in [-0.2, 0) is 11.3 Å². The molecule has 0 saturated carbocycles. The van der Waals surface area contributed by atoms with E-state index in [9.17, 15) is 9.59 Å². The maximum absolute atomic E-state index is 12.2. The number of hydrogen-bond donors (Lipinski definition) is 2. The molecule has 1 heterocycles. The number of nitrogens with one attached hydrogen (secondary N) is 1. The van der Waals surface area contributed by atoms with E-state index in [0.29, 0.717) is 11.7 Å². The van der Waals surface area contributed by atoms with E-state index in [1.165, 1.54) is 11.8 Å². The third-order valence-corrected chi connectivity index (χ3v) is 4.95. The Morgan fingerprint density at radius 3 is 2.50 bits per heavy atom. The molecule has 3 N–H and O–H groups in total. The fourth-order valence-corrected chi connectivity index (χ4v) is 3.27. The number of carbonyl (C=O) groups is 2. The van der Waals surface area contributed by atoms with Crippen molar-refractivity contribution in [3.63, 3.8) is 0 Å². The smallest absolute Gasteiger partial charge is 0.318 e. The van der Waals surface area contributed by atoms with Gasteiger partial charge in [0.2, 0.25) is 5.91 Å². The van der Waals surface area contributed by atoms with Crippen LogP contribution < -0.4 is 11.1 Å². The second-order valence-corrected chi connectivity index (χ2v) is 6.85. The van der Waals surface area contributed by atoms with Gasteiger partial charge in [0, 0.05) is 0 Å². The molecule has 1 aromatic carbocycles. The van der Waals surface area contributed by atoms with E-state index in [-0.39, 0.29) is 5.92 Å². The summed E-state index contributed by atoms with van der Waals surface area (Å²) in [6.07, 6.45) is 0. The number of nitrogens with zero attached hydrogens (tertiary/aromatic N) is 3. The number of urea groups is 1. The molecule has 2 aromatic rings. The fourth-order valence-electron chi connectivity index (χ4n) is 2.20. The Hall–Kier alpha value is -2.35. The first kappa shape index (κ1) is 18.0. The summed E-state index contributed by atoms with van der Waals surface area (Å²) in [6.45, 7) is 6.30. The van der Waals surface area contributed by atoms with Gasteiger partial charge in [-0.1, -0.05) is 55.9 Å². The summed E-state index contributed by atoms with van der Waals surface area (Å²) in [5.74, 6) is 0.338. The standard InChI is InChI=1S/C16H21N5O2S/c1-10(2)13(14(22)18-15(17)23)24-16-20-19-11(3)21(16)9-12-7-5-4-6-8-12/h4-8,10,13H,9H2,1-3H3,(H3,17,18,22,23)/t13-/m1/s1. The number of rotatable bonds is 6. The third kappa shape index (κ3) is 4.58. The Kier molecular flexibility index (Phi) is 5.97. The Morgan fingerprint density at radius 2 is 1.92 bits per heavy atom. The number of imide groups is 1. The average Bonchev–Trinajstić information content (AvgIpc) is 2.85. The van der Waals surface area contributed by atoms with E-state index in [4.69, 9.17) is 5.73 Å². The van der Waals surface area contributed by atoms with Crippen LogP contribution in [0.15, 0.2) is 35.5 Å². The number of aromatic nitrogens is 3. The van der Waals surface area contributed by atoms with Gasteiger partial charge >= 0.3 is 6.03 Å². The molecular formula is C16H21N5O2S. The van der Waals surface area contributed by atoms with Gasteiger partial charge in [-0.25, -0.2) is 4.79 Å². The van der Waals surface area contributed by atoms with Crippen molar-refractivity contribution in [2.45, 2.75) is 37.7 Å². The molecular weight excluding hydrogens is 326 g/mol. The monoisotopic (exact) mass is 347 g/mol. The molecule has 128 valence electrons. The average molecular weight is 347 g/mol. The maximum atomic E-state index is 12.2. The van der Waals surface area contributed by atoms with Crippen molar-refractivity contribution in [2.24, 2.45) is 11.7 Å². The minimum absolute atomic E-state index is 0.00321. The van der Waals surface area contributed by atoms with Crippen molar-refractivity contribution in [1.29, 1.82) is 0 Å². The van der Waals surface area contributed by atoms with Gasteiger partial charge < -0.3 is 10.3 Å². The summed E-state index contributed by atoms with van der Waals surface area (Å²) >= 11 is 1.28. The lowest BCUT2D eigenvalue weighted by atomic mass is 10.1. The van der Waals surface area contributed by atoms with Crippen molar-refractivity contribution in [2.75, 3.05) is 0 Å². The highest BCUT2D eigenvalue weighted by molar-refractivity contribution is 8.00. The number of benzene rings is 1. The van der Waals surface area contributed by atoms with Gasteiger partial charge in [-0.15, -0.1) is 10.2 Å². The van der Waals surface area contributed by atoms with Gasteiger partial charge in [0.15, 0.2) is 5.16 Å². The molecule has 7 nitrogen and oxygen atoms in total. The minimum Gasteiger partial charge on any atom is -0.351 e. The molecule has 1 atom stereocenters. The fraction of sp³-hybridized carbons (Fsp3) is 0.375. The van der Waals surface area contributed by atoms with E-state index in [2.05, 4.69) is 15.5 Å². The Balaban J connectivity index is 2.22. The molecule has 0 aliphatic heterocycles. The lowest BCUT2D eigenvalue weighted by molar-refractivity contribution is -0.120. The Morgan fingerprint density at radius 1 is 1.25 bits per heavy atom. The van der Waals surface area contributed by atoms with Crippen molar-refractivity contribution in [1.82, 2.24) is 20.1 Å². The van der Waals surface area contributed by atoms with Crippen molar-refractivity contribution >= 4 is 23.7 Å². The summed E-state index contributed by atoms with van der Waals surface area (Å²) in [7, 11) is 0. The molecule has 1 aromatic heterocycles. The minimum atomic E-state index is -0.854. The molecule has 0 aliphatic rings. The molecule has 0 bridgehead atoms. The quantitative estimate of drug-likeness (QED) is 0.778. The van der Waals surface area contributed by atoms with E-state index in [1.807, 2.05) is 55.7 Å². The zero-order chi connectivity index (χ0) is 17.7. The van der Waals surface area contributed by atoms with Crippen LogP contribution >= 0.6 is 11.8 Å². The number of primary amides is 1. The van der Waals surface area contributed by atoms with Crippen LogP contribution in [0.2, 0.25) is 0 Å². The van der Waals surface area contributed by atoms with Gasteiger partial charge in [0.25, 0.3) is 0 Å². The van der Waals surface area contributed by atoms with Crippen LogP contribution in [0.4, 0.5) is 4.79 Å². The molecule has 0 spiro atoms. The number of hydrogen-bond acceptors (Lipinski definition) is 5. The molecule has 0 aliphatic carbocycles. The number of aryl methyl sites for hydroxylation is 1. The number of amides is 3. The summed E-state index contributed by atoms with van der Waals surface area (Å²) in [6, 6.07) is 9.09. The zero-order valence-electron chi connectivity index (χ0n) is 13.9.